The third-order valence-corrected chi connectivity index (χ3v) is 2.64. The predicted molar refractivity (Wildman–Crippen MR) is 67.1 cm³/mol. The fraction of sp³-hybridized carbons (Fsp3) is 0.556. The summed E-state index contributed by atoms with van der Waals surface area (Å²) >= 11 is 3.37. The summed E-state index contributed by atoms with van der Waals surface area (Å²) in [5.74, 6) is 6.52. The Kier molecular flexibility index (Phi) is 4.45. The predicted octanol–water partition coefficient (Wildman–Crippen LogP) is 1.36. The van der Waals surface area contributed by atoms with Crippen LogP contribution in [-0.2, 0) is 4.74 Å². The Hall–Kier alpha value is -0.920. The molecule has 6 nitrogen and oxygen atoms in total. The highest BCUT2D eigenvalue weighted by atomic mass is 79.9. The summed E-state index contributed by atoms with van der Waals surface area (Å²) in [5, 5.41) is 3.24. The molecule has 0 unspecified atom stereocenters. The first-order chi connectivity index (χ1) is 7.50. The largest absolute Gasteiger partial charge is 0.382 e. The van der Waals surface area contributed by atoms with Gasteiger partial charge in [0.05, 0.1) is 12.1 Å². The molecule has 1 heterocycles. The van der Waals surface area contributed by atoms with Gasteiger partial charge >= 0.3 is 0 Å². The zero-order valence-electron chi connectivity index (χ0n) is 9.54. The molecule has 0 aliphatic heterocycles. The molecule has 1 aromatic rings. The molecule has 0 aliphatic carbocycles. The summed E-state index contributed by atoms with van der Waals surface area (Å²) in [6, 6.07) is 0. The second-order valence-corrected chi connectivity index (χ2v) is 4.76. The van der Waals surface area contributed by atoms with Crippen molar-refractivity contribution in [1.29, 1.82) is 0 Å². The van der Waals surface area contributed by atoms with E-state index in [-0.39, 0.29) is 5.54 Å². The van der Waals surface area contributed by atoms with Crippen molar-refractivity contribution in [3.8, 4) is 0 Å². The lowest BCUT2D eigenvalue weighted by atomic mass is 10.1. The quantitative estimate of drug-likeness (QED) is 0.561. The van der Waals surface area contributed by atoms with Crippen LogP contribution in [0.4, 0.5) is 11.6 Å². The molecule has 16 heavy (non-hydrogen) atoms. The Balaban J connectivity index is 2.89. The smallest absolute Gasteiger partial charge is 0.159 e. The van der Waals surface area contributed by atoms with Crippen molar-refractivity contribution in [2.24, 2.45) is 5.84 Å². The van der Waals surface area contributed by atoms with Gasteiger partial charge in [-0.1, -0.05) is 0 Å². The van der Waals surface area contributed by atoms with Gasteiger partial charge in [0.1, 0.15) is 16.6 Å². The number of methoxy groups -OCH3 is 1. The standard InChI is InChI=1S/C9H16BrN5O/c1-9(2,4-16-3)14-7-6(10)8(15-11)13-5-12-7/h5H,4,11H2,1-3H3,(H2,12,13,14,15). The van der Waals surface area contributed by atoms with Gasteiger partial charge in [-0.05, 0) is 29.8 Å². The molecule has 1 rings (SSSR count). The number of aromatic nitrogens is 2. The van der Waals surface area contributed by atoms with Gasteiger partial charge in [0.25, 0.3) is 0 Å². The van der Waals surface area contributed by atoms with Crippen LogP contribution >= 0.6 is 15.9 Å². The fourth-order valence-electron chi connectivity index (χ4n) is 1.28. The van der Waals surface area contributed by atoms with E-state index in [2.05, 4.69) is 36.6 Å². The first-order valence-corrected chi connectivity index (χ1v) is 5.53. The summed E-state index contributed by atoms with van der Waals surface area (Å²) in [5.41, 5.74) is 2.26. The number of nitrogens with zero attached hydrogens (tertiary/aromatic N) is 2. The van der Waals surface area contributed by atoms with Crippen LogP contribution in [0, 0.1) is 0 Å². The topological polar surface area (TPSA) is 85.1 Å². The van der Waals surface area contributed by atoms with Gasteiger partial charge < -0.3 is 15.5 Å². The number of rotatable bonds is 5. The Morgan fingerprint density at radius 2 is 2.06 bits per heavy atom. The van der Waals surface area contributed by atoms with E-state index >= 15 is 0 Å². The van der Waals surface area contributed by atoms with Gasteiger partial charge in [-0.2, -0.15) is 0 Å². The number of hydrogen-bond acceptors (Lipinski definition) is 6. The highest BCUT2D eigenvalue weighted by Crippen LogP contribution is 2.27. The highest BCUT2D eigenvalue weighted by Gasteiger charge is 2.20. The summed E-state index contributed by atoms with van der Waals surface area (Å²) in [6.07, 6.45) is 1.44. The summed E-state index contributed by atoms with van der Waals surface area (Å²) in [4.78, 5) is 8.10. The zero-order valence-corrected chi connectivity index (χ0v) is 11.1. The molecule has 0 amide bonds. The number of ether oxygens (including phenoxy) is 1. The average molecular weight is 290 g/mol. The summed E-state index contributed by atoms with van der Waals surface area (Å²) in [7, 11) is 1.66. The SMILES string of the molecule is COCC(C)(C)Nc1ncnc(NN)c1Br. The molecule has 0 saturated heterocycles. The minimum atomic E-state index is -0.225. The van der Waals surface area contributed by atoms with E-state index in [0.29, 0.717) is 22.7 Å². The molecule has 0 spiro atoms. The van der Waals surface area contributed by atoms with Crippen LogP contribution in [0.15, 0.2) is 10.8 Å². The maximum absolute atomic E-state index is 5.32. The Bertz CT molecular complexity index is 358. The fourth-order valence-corrected chi connectivity index (χ4v) is 1.69. The maximum atomic E-state index is 5.32. The highest BCUT2D eigenvalue weighted by molar-refractivity contribution is 9.10. The van der Waals surface area contributed by atoms with Crippen molar-refractivity contribution < 1.29 is 4.74 Å². The van der Waals surface area contributed by atoms with Gasteiger partial charge in [0.15, 0.2) is 5.82 Å². The first kappa shape index (κ1) is 13.1. The minimum absolute atomic E-state index is 0.225. The number of hydrogen-bond donors (Lipinski definition) is 3. The van der Waals surface area contributed by atoms with Gasteiger partial charge in [-0.3, -0.25) is 0 Å². The van der Waals surface area contributed by atoms with Crippen molar-refractivity contribution in [1.82, 2.24) is 9.97 Å². The third kappa shape index (κ3) is 3.29. The maximum Gasteiger partial charge on any atom is 0.159 e. The van der Waals surface area contributed by atoms with Gasteiger partial charge in [0, 0.05) is 7.11 Å². The van der Waals surface area contributed by atoms with Crippen LogP contribution in [-0.4, -0.2) is 29.2 Å². The number of anilines is 2. The van der Waals surface area contributed by atoms with Crippen molar-refractivity contribution in [2.45, 2.75) is 19.4 Å². The average Bonchev–Trinajstić information content (AvgIpc) is 2.21. The van der Waals surface area contributed by atoms with Crippen molar-refractivity contribution >= 4 is 27.6 Å². The number of nitrogens with one attached hydrogen (secondary N) is 2. The molecule has 0 radical (unpaired) electrons. The van der Waals surface area contributed by atoms with E-state index in [4.69, 9.17) is 10.6 Å². The zero-order chi connectivity index (χ0) is 12.2. The molecule has 0 fully saturated rings. The molecule has 0 saturated carbocycles. The number of nitrogens with two attached hydrogens (primary N) is 1. The van der Waals surface area contributed by atoms with Crippen LogP contribution < -0.4 is 16.6 Å². The van der Waals surface area contributed by atoms with E-state index < -0.39 is 0 Å². The van der Waals surface area contributed by atoms with Crippen LogP contribution in [0.25, 0.3) is 0 Å². The third-order valence-electron chi connectivity index (χ3n) is 1.89. The van der Waals surface area contributed by atoms with Crippen molar-refractivity contribution in [3.63, 3.8) is 0 Å². The van der Waals surface area contributed by atoms with E-state index in [1.807, 2.05) is 13.8 Å². The molecular formula is C9H16BrN5O. The number of hydrazine groups is 1. The molecule has 0 aromatic carbocycles. The number of nitrogen functional groups attached to an aromatic ring is 1. The molecule has 0 atom stereocenters. The second kappa shape index (κ2) is 5.42. The molecule has 90 valence electrons. The Morgan fingerprint density at radius 3 is 2.62 bits per heavy atom. The van der Waals surface area contributed by atoms with Crippen LogP contribution in [0.2, 0.25) is 0 Å². The van der Waals surface area contributed by atoms with Crippen LogP contribution in [0.3, 0.4) is 0 Å². The molecule has 4 N–H and O–H groups in total. The summed E-state index contributed by atoms with van der Waals surface area (Å²) < 4.78 is 5.81. The van der Waals surface area contributed by atoms with E-state index in [1.165, 1.54) is 6.33 Å². The first-order valence-electron chi connectivity index (χ1n) is 4.74. The van der Waals surface area contributed by atoms with E-state index in [9.17, 15) is 0 Å². The lowest BCUT2D eigenvalue weighted by molar-refractivity contribution is 0.158. The normalized spacial score (nSPS) is 11.3. The minimum Gasteiger partial charge on any atom is -0.382 e. The molecule has 0 aliphatic rings. The molecule has 1 aromatic heterocycles. The molecular weight excluding hydrogens is 274 g/mol. The van der Waals surface area contributed by atoms with E-state index in [0.717, 1.165) is 0 Å². The number of halogens is 1. The second-order valence-electron chi connectivity index (χ2n) is 3.97. The summed E-state index contributed by atoms with van der Waals surface area (Å²) in [6.45, 7) is 4.59. The van der Waals surface area contributed by atoms with Crippen LogP contribution in [0.5, 0.6) is 0 Å². The van der Waals surface area contributed by atoms with Crippen molar-refractivity contribution in [3.05, 3.63) is 10.8 Å². The Labute approximate surface area is 103 Å². The lowest BCUT2D eigenvalue weighted by Gasteiger charge is -2.26. The van der Waals surface area contributed by atoms with Crippen LogP contribution in [0.1, 0.15) is 13.8 Å². The molecule has 7 heteroatoms. The van der Waals surface area contributed by atoms with Crippen molar-refractivity contribution in [2.75, 3.05) is 24.5 Å². The van der Waals surface area contributed by atoms with Gasteiger partial charge in [-0.25, -0.2) is 15.8 Å². The Morgan fingerprint density at radius 1 is 1.44 bits per heavy atom. The monoisotopic (exact) mass is 289 g/mol. The van der Waals surface area contributed by atoms with Gasteiger partial charge in [-0.15, -0.1) is 0 Å². The van der Waals surface area contributed by atoms with E-state index in [1.54, 1.807) is 7.11 Å². The molecule has 0 bridgehead atoms. The van der Waals surface area contributed by atoms with Gasteiger partial charge in [0.2, 0.25) is 0 Å². The lowest BCUT2D eigenvalue weighted by Crippen LogP contribution is -2.36.